The largest absolute Gasteiger partial charge is 0.494 e. The van der Waals surface area contributed by atoms with Crippen LogP contribution in [0.1, 0.15) is 80.8 Å². The van der Waals surface area contributed by atoms with Crippen molar-refractivity contribution in [1.29, 1.82) is 0 Å². The molecule has 4 heteroatoms. The van der Waals surface area contributed by atoms with Gasteiger partial charge in [0.1, 0.15) is 5.75 Å². The van der Waals surface area contributed by atoms with Gasteiger partial charge in [-0.3, -0.25) is 0 Å². The average Bonchev–Trinajstić information content (AvgIpc) is 2.76. The maximum atomic E-state index is 12.2. The normalized spacial score (nSPS) is 11.3. The van der Waals surface area contributed by atoms with Crippen molar-refractivity contribution in [3.8, 4) is 5.75 Å². The molecule has 0 saturated carbocycles. The van der Waals surface area contributed by atoms with Gasteiger partial charge in [-0.2, -0.15) is 0 Å². The fourth-order valence-corrected chi connectivity index (χ4v) is 2.94. The van der Waals surface area contributed by atoms with Gasteiger partial charge in [-0.15, -0.1) is 0 Å². The lowest BCUT2D eigenvalue weighted by molar-refractivity contribution is 0.0516. The fourth-order valence-electron chi connectivity index (χ4n) is 2.94. The monoisotopic (exact) mass is 395 g/mol. The molecular weight excluding hydrogens is 362 g/mol. The van der Waals surface area contributed by atoms with Gasteiger partial charge >= 0.3 is 5.97 Å². The molecule has 156 valence electrons. The molecule has 2 aromatic carbocycles. The second kappa shape index (κ2) is 12.8. The summed E-state index contributed by atoms with van der Waals surface area (Å²) in [7, 11) is 0. The maximum absolute atomic E-state index is 12.2. The van der Waals surface area contributed by atoms with Crippen molar-refractivity contribution < 1.29 is 14.4 Å². The highest BCUT2D eigenvalue weighted by atomic mass is 16.7. The highest BCUT2D eigenvalue weighted by Gasteiger charge is 2.08. The lowest BCUT2D eigenvalue weighted by Crippen LogP contribution is -2.04. The molecule has 0 aliphatic carbocycles. The molecule has 0 fully saturated rings. The zero-order valence-electron chi connectivity index (χ0n) is 17.9. The van der Waals surface area contributed by atoms with Crippen molar-refractivity contribution in [2.75, 3.05) is 6.61 Å². The molecule has 2 aromatic rings. The van der Waals surface area contributed by atoms with Crippen LogP contribution in [0.3, 0.4) is 0 Å². The first-order valence-corrected chi connectivity index (χ1v) is 10.7. The summed E-state index contributed by atoms with van der Waals surface area (Å²) in [5, 5.41) is 4.00. The third-order valence-electron chi connectivity index (χ3n) is 4.81. The number of benzene rings is 2. The summed E-state index contributed by atoms with van der Waals surface area (Å²) in [6.45, 7) is 6.90. The Bertz CT molecular complexity index is 764. The van der Waals surface area contributed by atoms with Crippen LogP contribution in [-0.4, -0.2) is 18.3 Å². The Morgan fingerprint density at radius 1 is 0.828 bits per heavy atom. The van der Waals surface area contributed by atoms with Gasteiger partial charge in [-0.25, -0.2) is 4.79 Å². The van der Waals surface area contributed by atoms with E-state index in [0.29, 0.717) is 17.9 Å². The quantitative estimate of drug-likeness (QED) is 0.177. The summed E-state index contributed by atoms with van der Waals surface area (Å²) in [6, 6.07) is 15.3. The smallest absolute Gasteiger partial charge is 0.365 e. The zero-order valence-corrected chi connectivity index (χ0v) is 17.9. The van der Waals surface area contributed by atoms with Gasteiger partial charge in [-0.1, -0.05) is 69.0 Å². The number of rotatable bonds is 12. The third-order valence-corrected chi connectivity index (χ3v) is 4.81. The van der Waals surface area contributed by atoms with Crippen LogP contribution in [0.5, 0.6) is 5.75 Å². The van der Waals surface area contributed by atoms with Crippen molar-refractivity contribution in [1.82, 2.24) is 0 Å². The molecular formula is C25H33NO3. The number of nitrogens with zero attached hydrogens (tertiary/aromatic N) is 1. The number of ether oxygens (including phenoxy) is 1. The summed E-state index contributed by atoms with van der Waals surface area (Å²) in [6.07, 6.45) is 8.14. The first-order valence-electron chi connectivity index (χ1n) is 10.7. The second-order valence-corrected chi connectivity index (χ2v) is 7.29. The van der Waals surface area contributed by atoms with E-state index in [4.69, 9.17) is 9.57 Å². The van der Waals surface area contributed by atoms with E-state index in [1.54, 1.807) is 24.3 Å². The Hall–Kier alpha value is -2.62. The molecule has 2 rings (SSSR count). The second-order valence-electron chi connectivity index (χ2n) is 7.29. The van der Waals surface area contributed by atoms with Crippen LogP contribution >= 0.6 is 0 Å². The highest BCUT2D eigenvalue weighted by Crippen LogP contribution is 2.14. The summed E-state index contributed by atoms with van der Waals surface area (Å²) in [5.74, 6) is 0.287. The van der Waals surface area contributed by atoms with Crippen molar-refractivity contribution in [3.63, 3.8) is 0 Å². The summed E-state index contributed by atoms with van der Waals surface area (Å²) in [4.78, 5) is 17.3. The lowest BCUT2D eigenvalue weighted by atomic mass is 10.0. The number of carbonyl (C=O) groups is 1. The average molecular weight is 396 g/mol. The van der Waals surface area contributed by atoms with Gasteiger partial charge < -0.3 is 9.57 Å². The van der Waals surface area contributed by atoms with Crippen LogP contribution in [-0.2, 0) is 11.3 Å². The minimum absolute atomic E-state index is 0.453. The summed E-state index contributed by atoms with van der Waals surface area (Å²) >= 11 is 0. The fraction of sp³-hybridized carbons (Fsp3) is 0.440. The molecule has 0 bridgehead atoms. The predicted molar refractivity (Wildman–Crippen MR) is 119 cm³/mol. The minimum Gasteiger partial charge on any atom is -0.494 e. The van der Waals surface area contributed by atoms with Crippen molar-refractivity contribution in [2.45, 2.75) is 65.7 Å². The van der Waals surface area contributed by atoms with E-state index < -0.39 is 5.97 Å². The van der Waals surface area contributed by atoms with E-state index in [1.165, 1.54) is 24.8 Å². The van der Waals surface area contributed by atoms with E-state index >= 15 is 0 Å². The third kappa shape index (κ3) is 8.10. The highest BCUT2D eigenvalue weighted by molar-refractivity contribution is 5.99. The molecule has 0 saturated heterocycles. The van der Waals surface area contributed by atoms with Gasteiger partial charge in [0.15, 0.2) is 0 Å². The van der Waals surface area contributed by atoms with E-state index in [2.05, 4.69) is 31.1 Å². The Kier molecular flexibility index (Phi) is 9.98. The minimum atomic E-state index is -0.474. The van der Waals surface area contributed by atoms with Gasteiger partial charge in [0.25, 0.3) is 0 Å². The molecule has 0 aliphatic rings. The van der Waals surface area contributed by atoms with Gasteiger partial charge in [0.05, 0.1) is 17.9 Å². The van der Waals surface area contributed by atoms with E-state index in [1.807, 2.05) is 19.1 Å². The molecule has 0 radical (unpaired) electrons. The van der Waals surface area contributed by atoms with E-state index in [0.717, 1.165) is 37.0 Å². The number of aryl methyl sites for hydroxylation is 1. The molecule has 0 N–H and O–H groups in total. The molecule has 29 heavy (non-hydrogen) atoms. The van der Waals surface area contributed by atoms with Crippen LogP contribution < -0.4 is 4.74 Å². The first-order chi connectivity index (χ1) is 14.1. The number of hydrogen-bond acceptors (Lipinski definition) is 4. The van der Waals surface area contributed by atoms with Crippen LogP contribution in [0.2, 0.25) is 0 Å². The van der Waals surface area contributed by atoms with Crippen LogP contribution in [0, 0.1) is 0 Å². The van der Waals surface area contributed by atoms with Gasteiger partial charge in [0, 0.05) is 0 Å². The molecule has 0 heterocycles. The SMILES string of the molecule is CCCCCOc1ccc(C(=O)O/N=C(\C)c2ccc(CCCCC)cc2)cc1. The standard InChI is InChI=1S/C25H33NO3/c1-4-6-8-10-21-11-13-22(14-12-21)20(3)26-29-25(27)23-15-17-24(18-16-23)28-19-9-7-5-2/h11-18H,4-10,19H2,1-3H3/b26-20+. The maximum Gasteiger partial charge on any atom is 0.365 e. The molecule has 0 aliphatic heterocycles. The zero-order chi connectivity index (χ0) is 20.9. The first kappa shape index (κ1) is 22.7. The molecule has 4 nitrogen and oxygen atoms in total. The van der Waals surface area contributed by atoms with Gasteiger partial charge in [-0.05, 0) is 61.6 Å². The Morgan fingerprint density at radius 3 is 2.10 bits per heavy atom. The Balaban J connectivity index is 1.85. The van der Waals surface area contributed by atoms with Crippen LogP contribution in [0.15, 0.2) is 53.7 Å². The van der Waals surface area contributed by atoms with Crippen LogP contribution in [0.4, 0.5) is 0 Å². The van der Waals surface area contributed by atoms with Crippen molar-refractivity contribution in [2.24, 2.45) is 5.16 Å². The van der Waals surface area contributed by atoms with E-state index in [-0.39, 0.29) is 0 Å². The lowest BCUT2D eigenvalue weighted by Gasteiger charge is -2.06. The number of carbonyl (C=O) groups excluding carboxylic acids is 1. The number of hydrogen-bond donors (Lipinski definition) is 0. The van der Waals surface area contributed by atoms with E-state index in [9.17, 15) is 4.79 Å². The Labute approximate surface area is 174 Å². The molecule has 0 amide bonds. The molecule has 0 spiro atoms. The van der Waals surface area contributed by atoms with Gasteiger partial charge in [0.2, 0.25) is 0 Å². The molecule has 0 aromatic heterocycles. The predicted octanol–water partition coefficient (Wildman–Crippen LogP) is 6.57. The summed E-state index contributed by atoms with van der Waals surface area (Å²) in [5.41, 5.74) is 3.40. The van der Waals surface area contributed by atoms with Crippen molar-refractivity contribution in [3.05, 3.63) is 65.2 Å². The van der Waals surface area contributed by atoms with Crippen LogP contribution in [0.25, 0.3) is 0 Å². The Morgan fingerprint density at radius 2 is 1.45 bits per heavy atom. The topological polar surface area (TPSA) is 47.9 Å². The molecule has 0 atom stereocenters. The number of unbranched alkanes of at least 4 members (excludes halogenated alkanes) is 4. The summed E-state index contributed by atoms with van der Waals surface area (Å²) < 4.78 is 5.66. The molecule has 0 unspecified atom stereocenters. The number of oxime groups is 1. The van der Waals surface area contributed by atoms with Crippen molar-refractivity contribution >= 4 is 11.7 Å².